The van der Waals surface area contributed by atoms with Gasteiger partial charge in [-0.2, -0.15) is 5.10 Å². The summed E-state index contributed by atoms with van der Waals surface area (Å²) in [5, 5.41) is 5.96. The number of aromatic nitrogens is 4. The van der Waals surface area contributed by atoms with Gasteiger partial charge in [-0.15, -0.1) is 0 Å². The summed E-state index contributed by atoms with van der Waals surface area (Å²) in [6.07, 6.45) is 3.21. The smallest absolute Gasteiger partial charge is 0.316 e. The van der Waals surface area contributed by atoms with Crippen molar-refractivity contribution >= 4 is 28.8 Å². The van der Waals surface area contributed by atoms with Crippen LogP contribution in [0.2, 0.25) is 0 Å². The molecule has 112 valence electrons. The SMILES string of the molecule is COC(=O)CSc1ncnc2c1cnn2-c1ccccc1C. The Bertz CT molecular complexity index is 831. The number of nitrogens with zero attached hydrogens (tertiary/aromatic N) is 4. The Kier molecular flexibility index (Phi) is 4.06. The molecule has 0 spiro atoms. The third-order valence-corrected chi connectivity index (χ3v) is 4.21. The molecule has 7 heteroatoms. The fourth-order valence-electron chi connectivity index (χ4n) is 2.10. The first-order valence-electron chi connectivity index (χ1n) is 6.65. The Balaban J connectivity index is 2.02. The molecule has 0 bridgehead atoms. The largest absolute Gasteiger partial charge is 0.468 e. The molecule has 0 aliphatic carbocycles. The van der Waals surface area contributed by atoms with E-state index in [1.165, 1.54) is 25.2 Å². The summed E-state index contributed by atoms with van der Waals surface area (Å²) in [5.74, 6) is -0.0823. The van der Waals surface area contributed by atoms with E-state index < -0.39 is 0 Å². The first kappa shape index (κ1) is 14.5. The molecule has 2 heterocycles. The van der Waals surface area contributed by atoms with Crippen LogP contribution in [0.4, 0.5) is 0 Å². The molecule has 0 N–H and O–H groups in total. The highest BCUT2D eigenvalue weighted by atomic mass is 32.2. The summed E-state index contributed by atoms with van der Waals surface area (Å²) >= 11 is 1.32. The van der Waals surface area contributed by atoms with Gasteiger partial charge < -0.3 is 4.74 Å². The summed E-state index contributed by atoms with van der Waals surface area (Å²) in [7, 11) is 1.37. The Hall–Kier alpha value is -2.41. The maximum atomic E-state index is 11.3. The van der Waals surface area contributed by atoms with Gasteiger partial charge in [-0.25, -0.2) is 14.6 Å². The minimum atomic E-state index is -0.289. The number of ether oxygens (including phenoxy) is 1. The molecule has 0 aliphatic rings. The van der Waals surface area contributed by atoms with Gasteiger partial charge in [-0.05, 0) is 18.6 Å². The number of fused-ring (bicyclic) bond motifs is 1. The summed E-state index contributed by atoms with van der Waals surface area (Å²) in [5.41, 5.74) is 2.80. The van der Waals surface area contributed by atoms with Crippen LogP contribution in [0.3, 0.4) is 0 Å². The zero-order valence-corrected chi connectivity index (χ0v) is 13.0. The third kappa shape index (κ3) is 2.67. The number of para-hydroxylation sites is 1. The predicted octanol–water partition coefficient (Wildman–Crippen LogP) is 2.39. The van der Waals surface area contributed by atoms with Crippen LogP contribution in [-0.2, 0) is 9.53 Å². The van der Waals surface area contributed by atoms with Crippen molar-refractivity contribution in [1.82, 2.24) is 19.7 Å². The molecular weight excluding hydrogens is 300 g/mol. The number of hydrogen-bond acceptors (Lipinski definition) is 6. The van der Waals surface area contributed by atoms with Crippen LogP contribution in [0, 0.1) is 6.92 Å². The number of aryl methyl sites for hydroxylation is 1. The van der Waals surface area contributed by atoms with Crippen molar-refractivity contribution in [2.45, 2.75) is 11.9 Å². The number of carbonyl (C=O) groups excluding carboxylic acids is 1. The number of benzene rings is 1. The van der Waals surface area contributed by atoms with E-state index in [2.05, 4.69) is 19.8 Å². The molecule has 0 amide bonds. The van der Waals surface area contributed by atoms with Crippen molar-refractivity contribution < 1.29 is 9.53 Å². The van der Waals surface area contributed by atoms with Crippen LogP contribution in [-0.4, -0.2) is 38.6 Å². The number of rotatable bonds is 4. The quantitative estimate of drug-likeness (QED) is 0.418. The third-order valence-electron chi connectivity index (χ3n) is 3.23. The average Bonchev–Trinajstić information content (AvgIpc) is 2.97. The molecule has 2 aromatic heterocycles. The molecule has 0 aliphatic heterocycles. The van der Waals surface area contributed by atoms with Crippen LogP contribution >= 0.6 is 11.8 Å². The monoisotopic (exact) mass is 314 g/mol. The van der Waals surface area contributed by atoms with Gasteiger partial charge >= 0.3 is 5.97 Å². The molecule has 0 saturated carbocycles. The molecule has 22 heavy (non-hydrogen) atoms. The number of carbonyl (C=O) groups is 1. The summed E-state index contributed by atoms with van der Waals surface area (Å²) in [6, 6.07) is 7.96. The van der Waals surface area contributed by atoms with Gasteiger partial charge in [0, 0.05) is 0 Å². The van der Waals surface area contributed by atoms with Crippen molar-refractivity contribution in [1.29, 1.82) is 0 Å². The molecule has 0 saturated heterocycles. The second kappa shape index (κ2) is 6.15. The topological polar surface area (TPSA) is 69.9 Å². The van der Waals surface area contributed by atoms with Crippen LogP contribution in [0.1, 0.15) is 5.56 Å². The summed E-state index contributed by atoms with van der Waals surface area (Å²) in [6.45, 7) is 2.02. The van der Waals surface area contributed by atoms with E-state index in [9.17, 15) is 4.79 Å². The number of hydrogen-bond donors (Lipinski definition) is 0. The van der Waals surface area contributed by atoms with Gasteiger partial charge in [0.25, 0.3) is 0 Å². The lowest BCUT2D eigenvalue weighted by molar-refractivity contribution is -0.137. The van der Waals surface area contributed by atoms with Gasteiger partial charge in [-0.3, -0.25) is 4.79 Å². The molecular formula is C15H14N4O2S. The van der Waals surface area contributed by atoms with E-state index in [1.54, 1.807) is 10.9 Å². The minimum Gasteiger partial charge on any atom is -0.468 e. The first-order valence-corrected chi connectivity index (χ1v) is 7.63. The fraction of sp³-hybridized carbons (Fsp3) is 0.200. The molecule has 1 aromatic carbocycles. The average molecular weight is 314 g/mol. The van der Waals surface area contributed by atoms with Gasteiger partial charge in [-0.1, -0.05) is 30.0 Å². The van der Waals surface area contributed by atoms with Gasteiger partial charge in [0.2, 0.25) is 0 Å². The van der Waals surface area contributed by atoms with Crippen molar-refractivity contribution in [3.05, 3.63) is 42.4 Å². The Morgan fingerprint density at radius 3 is 2.91 bits per heavy atom. The van der Waals surface area contributed by atoms with Crippen molar-refractivity contribution in [2.75, 3.05) is 12.9 Å². The minimum absolute atomic E-state index is 0.207. The molecule has 0 radical (unpaired) electrons. The molecule has 0 unspecified atom stereocenters. The van der Waals surface area contributed by atoms with Crippen molar-refractivity contribution in [2.24, 2.45) is 0 Å². The number of methoxy groups -OCH3 is 1. The lowest BCUT2D eigenvalue weighted by atomic mass is 10.2. The van der Waals surface area contributed by atoms with E-state index in [1.807, 2.05) is 31.2 Å². The highest BCUT2D eigenvalue weighted by molar-refractivity contribution is 8.00. The van der Waals surface area contributed by atoms with Gasteiger partial charge in [0.15, 0.2) is 5.65 Å². The van der Waals surface area contributed by atoms with E-state index >= 15 is 0 Å². The van der Waals surface area contributed by atoms with Crippen LogP contribution < -0.4 is 0 Å². The van der Waals surface area contributed by atoms with Crippen LogP contribution in [0.5, 0.6) is 0 Å². The Morgan fingerprint density at radius 2 is 2.14 bits per heavy atom. The molecule has 3 rings (SSSR count). The second-order valence-electron chi connectivity index (χ2n) is 4.62. The zero-order chi connectivity index (χ0) is 15.5. The maximum absolute atomic E-state index is 11.3. The van der Waals surface area contributed by atoms with Crippen LogP contribution in [0.15, 0.2) is 41.8 Å². The number of esters is 1. The maximum Gasteiger partial charge on any atom is 0.316 e. The predicted molar refractivity (Wildman–Crippen MR) is 84.1 cm³/mol. The zero-order valence-electron chi connectivity index (χ0n) is 12.2. The highest BCUT2D eigenvalue weighted by Crippen LogP contribution is 2.26. The molecule has 0 atom stereocenters. The second-order valence-corrected chi connectivity index (χ2v) is 5.59. The Morgan fingerprint density at radius 1 is 1.32 bits per heavy atom. The molecule has 0 fully saturated rings. The van der Waals surface area contributed by atoms with Crippen molar-refractivity contribution in [3.63, 3.8) is 0 Å². The highest BCUT2D eigenvalue weighted by Gasteiger charge is 2.13. The van der Waals surface area contributed by atoms with Crippen molar-refractivity contribution in [3.8, 4) is 5.69 Å². The fourth-order valence-corrected chi connectivity index (χ4v) is 2.89. The normalized spacial score (nSPS) is 10.8. The number of thioether (sulfide) groups is 1. The molecule has 3 aromatic rings. The summed E-state index contributed by atoms with van der Waals surface area (Å²) < 4.78 is 6.44. The lowest BCUT2D eigenvalue weighted by Crippen LogP contribution is -2.03. The lowest BCUT2D eigenvalue weighted by Gasteiger charge is -2.06. The van der Waals surface area contributed by atoms with E-state index in [4.69, 9.17) is 0 Å². The van der Waals surface area contributed by atoms with Gasteiger partial charge in [0.1, 0.15) is 11.4 Å². The molecule has 6 nitrogen and oxygen atoms in total. The Labute approximate surface area is 131 Å². The van der Waals surface area contributed by atoms with Gasteiger partial charge in [0.05, 0.1) is 30.1 Å². The van der Waals surface area contributed by atoms with E-state index in [0.29, 0.717) is 0 Å². The standard InChI is InChI=1S/C15H14N4O2S/c1-10-5-3-4-6-12(10)19-14-11(7-18-19)15(17-9-16-14)22-8-13(20)21-2/h3-7,9H,8H2,1-2H3. The summed E-state index contributed by atoms with van der Waals surface area (Å²) in [4.78, 5) is 19.8. The first-order chi connectivity index (χ1) is 10.7. The van der Waals surface area contributed by atoms with E-state index in [0.717, 1.165) is 27.3 Å². The van der Waals surface area contributed by atoms with Crippen LogP contribution in [0.25, 0.3) is 16.7 Å². The van der Waals surface area contributed by atoms with E-state index in [-0.39, 0.29) is 11.7 Å².